The van der Waals surface area contributed by atoms with Crippen molar-refractivity contribution in [3.8, 4) is 0 Å². The lowest BCUT2D eigenvalue weighted by atomic mass is 9.96. The van der Waals surface area contributed by atoms with Crippen LogP contribution in [0.3, 0.4) is 0 Å². The van der Waals surface area contributed by atoms with E-state index in [1.807, 2.05) is 11.6 Å². The highest BCUT2D eigenvalue weighted by molar-refractivity contribution is 6.29. The van der Waals surface area contributed by atoms with Gasteiger partial charge in [0.25, 0.3) is 0 Å². The molecule has 1 fully saturated rings. The third-order valence-electron chi connectivity index (χ3n) is 3.10. The molecule has 88 valence electrons. The first-order chi connectivity index (χ1) is 7.59. The first-order valence-electron chi connectivity index (χ1n) is 5.24. The van der Waals surface area contributed by atoms with Crippen LogP contribution < -0.4 is 0 Å². The van der Waals surface area contributed by atoms with Crippen molar-refractivity contribution in [2.45, 2.75) is 18.8 Å². The van der Waals surface area contributed by atoms with Crippen LogP contribution in [0.1, 0.15) is 24.6 Å². The molecule has 0 aliphatic carbocycles. The van der Waals surface area contributed by atoms with Crippen LogP contribution in [0.2, 0.25) is 5.15 Å². The summed E-state index contributed by atoms with van der Waals surface area (Å²) < 4.78 is 1.86. The fourth-order valence-electron chi connectivity index (χ4n) is 2.11. The highest BCUT2D eigenvalue weighted by atomic mass is 35.5. The molecule has 5 nitrogen and oxygen atoms in total. The van der Waals surface area contributed by atoms with Gasteiger partial charge in [0.2, 0.25) is 0 Å². The number of carboxylic acid groups (broad SMARTS) is 1. The average molecular weight is 244 g/mol. The minimum absolute atomic E-state index is 0.313. The van der Waals surface area contributed by atoms with E-state index in [2.05, 4.69) is 4.98 Å². The predicted molar refractivity (Wildman–Crippen MR) is 59.8 cm³/mol. The normalized spacial score (nSPS) is 17.8. The Morgan fingerprint density at radius 3 is 2.62 bits per heavy atom. The number of rotatable bonds is 1. The van der Waals surface area contributed by atoms with E-state index >= 15 is 0 Å². The second kappa shape index (κ2) is 4.33. The second-order valence-electron chi connectivity index (χ2n) is 4.04. The average Bonchev–Trinajstić information content (AvgIpc) is 2.60. The lowest BCUT2D eigenvalue weighted by Gasteiger charge is -2.29. The molecule has 0 saturated carbocycles. The second-order valence-corrected chi connectivity index (χ2v) is 4.43. The summed E-state index contributed by atoms with van der Waals surface area (Å²) in [5.74, 6) is 1.27. The smallest absolute Gasteiger partial charge is 0.407 e. The fraction of sp³-hybridized carbons (Fsp3) is 0.600. The summed E-state index contributed by atoms with van der Waals surface area (Å²) >= 11 is 5.92. The SMILES string of the molecule is Cn1c(Cl)cnc1C1CCN(C(=O)O)CC1. The summed E-state index contributed by atoms with van der Waals surface area (Å²) in [5, 5.41) is 9.46. The number of hydrogen-bond acceptors (Lipinski definition) is 2. The highest BCUT2D eigenvalue weighted by Gasteiger charge is 2.26. The van der Waals surface area contributed by atoms with Gasteiger partial charge < -0.3 is 14.6 Å². The van der Waals surface area contributed by atoms with Crippen LogP contribution >= 0.6 is 11.6 Å². The molecule has 16 heavy (non-hydrogen) atoms. The van der Waals surface area contributed by atoms with Gasteiger partial charge in [0.1, 0.15) is 11.0 Å². The van der Waals surface area contributed by atoms with Gasteiger partial charge in [-0.25, -0.2) is 9.78 Å². The van der Waals surface area contributed by atoms with Crippen molar-refractivity contribution in [2.24, 2.45) is 7.05 Å². The first-order valence-corrected chi connectivity index (χ1v) is 5.62. The van der Waals surface area contributed by atoms with Gasteiger partial charge in [-0.2, -0.15) is 0 Å². The van der Waals surface area contributed by atoms with Gasteiger partial charge in [-0.15, -0.1) is 0 Å². The predicted octanol–water partition coefficient (Wildman–Crippen LogP) is 1.93. The summed E-state index contributed by atoms with van der Waals surface area (Å²) in [6.45, 7) is 1.15. The highest BCUT2D eigenvalue weighted by Crippen LogP contribution is 2.28. The van der Waals surface area contributed by atoms with Gasteiger partial charge in [-0.05, 0) is 12.8 Å². The Balaban J connectivity index is 2.04. The summed E-state index contributed by atoms with van der Waals surface area (Å²) in [5.41, 5.74) is 0. The lowest BCUT2D eigenvalue weighted by molar-refractivity contribution is 0.131. The molecule has 0 radical (unpaired) electrons. The molecule has 0 bridgehead atoms. The number of carbonyl (C=O) groups is 1. The van der Waals surface area contributed by atoms with E-state index in [1.165, 1.54) is 4.90 Å². The lowest BCUT2D eigenvalue weighted by Crippen LogP contribution is -2.37. The molecule has 1 aromatic heterocycles. The quantitative estimate of drug-likeness (QED) is 0.820. The largest absolute Gasteiger partial charge is 0.465 e. The van der Waals surface area contributed by atoms with Gasteiger partial charge in [0, 0.05) is 26.1 Å². The van der Waals surface area contributed by atoms with E-state index in [1.54, 1.807) is 6.20 Å². The maximum absolute atomic E-state index is 10.8. The van der Waals surface area contributed by atoms with Gasteiger partial charge in [-0.3, -0.25) is 0 Å². The maximum Gasteiger partial charge on any atom is 0.407 e. The number of halogens is 1. The standard InChI is InChI=1S/C10H14ClN3O2/c1-13-8(11)6-12-9(13)7-2-4-14(5-3-7)10(15)16/h6-7H,2-5H2,1H3,(H,15,16). The molecule has 0 aromatic carbocycles. The molecule has 0 atom stereocenters. The zero-order valence-corrected chi connectivity index (χ0v) is 9.81. The third kappa shape index (κ3) is 2.00. The van der Waals surface area contributed by atoms with Gasteiger partial charge in [0.05, 0.1) is 6.20 Å². The van der Waals surface area contributed by atoms with E-state index in [0.29, 0.717) is 24.2 Å². The number of amides is 1. The van der Waals surface area contributed by atoms with E-state index in [4.69, 9.17) is 16.7 Å². The van der Waals surface area contributed by atoms with E-state index in [-0.39, 0.29) is 0 Å². The number of aromatic nitrogens is 2. The van der Waals surface area contributed by atoms with Crippen molar-refractivity contribution in [3.05, 3.63) is 17.2 Å². The van der Waals surface area contributed by atoms with Gasteiger partial charge >= 0.3 is 6.09 Å². The molecular formula is C10H14ClN3O2. The van der Waals surface area contributed by atoms with Crippen LogP contribution in [0.25, 0.3) is 0 Å². The molecule has 6 heteroatoms. The molecule has 0 unspecified atom stereocenters. The Labute approximate surface area is 98.6 Å². The molecule has 1 aliphatic heterocycles. The monoisotopic (exact) mass is 243 g/mol. The number of imidazole rings is 1. The van der Waals surface area contributed by atoms with Gasteiger partial charge in [0.15, 0.2) is 0 Å². The van der Waals surface area contributed by atoms with E-state index in [9.17, 15) is 4.79 Å². The zero-order valence-electron chi connectivity index (χ0n) is 9.06. The molecule has 1 aliphatic rings. The first kappa shape index (κ1) is 11.3. The van der Waals surface area contributed by atoms with Crippen molar-refractivity contribution in [2.75, 3.05) is 13.1 Å². The molecule has 1 N–H and O–H groups in total. The van der Waals surface area contributed by atoms with Crippen molar-refractivity contribution >= 4 is 17.7 Å². The Hall–Kier alpha value is -1.23. The van der Waals surface area contributed by atoms with Crippen LogP contribution in [-0.2, 0) is 7.05 Å². The molecule has 1 amide bonds. The number of piperidine rings is 1. The minimum Gasteiger partial charge on any atom is -0.465 e. The van der Waals surface area contributed by atoms with Crippen molar-refractivity contribution < 1.29 is 9.90 Å². The number of nitrogens with zero attached hydrogens (tertiary/aromatic N) is 3. The third-order valence-corrected chi connectivity index (χ3v) is 3.45. The Morgan fingerprint density at radius 1 is 1.56 bits per heavy atom. The summed E-state index contributed by atoms with van der Waals surface area (Å²) in [7, 11) is 1.88. The van der Waals surface area contributed by atoms with Crippen molar-refractivity contribution in [1.29, 1.82) is 0 Å². The topological polar surface area (TPSA) is 58.4 Å². The Kier molecular flexibility index (Phi) is 3.05. The number of hydrogen-bond donors (Lipinski definition) is 1. The van der Waals surface area contributed by atoms with Crippen LogP contribution in [0.5, 0.6) is 0 Å². The molecular weight excluding hydrogens is 230 g/mol. The van der Waals surface area contributed by atoms with Crippen LogP contribution in [0.4, 0.5) is 4.79 Å². The maximum atomic E-state index is 10.8. The Morgan fingerprint density at radius 2 is 2.19 bits per heavy atom. The molecule has 1 saturated heterocycles. The van der Waals surface area contributed by atoms with Crippen molar-refractivity contribution in [3.63, 3.8) is 0 Å². The van der Waals surface area contributed by atoms with Crippen LogP contribution in [0.15, 0.2) is 6.20 Å². The van der Waals surface area contributed by atoms with Gasteiger partial charge in [-0.1, -0.05) is 11.6 Å². The van der Waals surface area contributed by atoms with E-state index < -0.39 is 6.09 Å². The molecule has 2 rings (SSSR count). The fourth-order valence-corrected chi connectivity index (χ4v) is 2.25. The molecule has 0 spiro atoms. The Bertz CT molecular complexity index is 397. The number of likely N-dealkylation sites (tertiary alicyclic amines) is 1. The summed E-state index contributed by atoms with van der Waals surface area (Å²) in [6, 6.07) is 0. The minimum atomic E-state index is -0.837. The van der Waals surface area contributed by atoms with Crippen LogP contribution in [-0.4, -0.2) is 38.7 Å². The van der Waals surface area contributed by atoms with E-state index in [0.717, 1.165) is 18.7 Å². The molecule has 1 aromatic rings. The zero-order chi connectivity index (χ0) is 11.7. The summed E-state index contributed by atoms with van der Waals surface area (Å²) in [6.07, 6.45) is 2.43. The molecule has 2 heterocycles. The van der Waals surface area contributed by atoms with Crippen LogP contribution in [0, 0.1) is 0 Å². The van der Waals surface area contributed by atoms with Crippen molar-refractivity contribution in [1.82, 2.24) is 14.5 Å². The summed E-state index contributed by atoms with van der Waals surface area (Å²) in [4.78, 5) is 16.5.